The van der Waals surface area contributed by atoms with Gasteiger partial charge >= 0.3 is 0 Å². The molecule has 0 saturated carbocycles. The van der Waals surface area contributed by atoms with E-state index in [1.807, 2.05) is 0 Å². The van der Waals surface area contributed by atoms with E-state index in [1.165, 1.54) is 6.07 Å². The average molecular weight is 402 g/mol. The molecule has 3 rings (SSSR count). The van der Waals surface area contributed by atoms with Crippen LogP contribution >= 0.6 is 23.2 Å². The lowest BCUT2D eigenvalue weighted by Gasteiger charge is -2.37. The molecule has 0 radical (unpaired) electrons. The highest BCUT2D eigenvalue weighted by Gasteiger charge is 2.33. The van der Waals surface area contributed by atoms with Crippen molar-refractivity contribution in [3.63, 3.8) is 0 Å². The van der Waals surface area contributed by atoms with Crippen LogP contribution in [0.25, 0.3) is 0 Å². The second kappa shape index (κ2) is 8.00. The van der Waals surface area contributed by atoms with Crippen LogP contribution in [0.1, 0.15) is 24.4 Å². The van der Waals surface area contributed by atoms with Crippen LogP contribution in [0.2, 0.25) is 10.0 Å². The van der Waals surface area contributed by atoms with Crippen molar-refractivity contribution in [3.05, 3.63) is 27.7 Å². The van der Waals surface area contributed by atoms with Gasteiger partial charge in [0, 0.05) is 30.8 Å². The predicted octanol–water partition coefficient (Wildman–Crippen LogP) is 1.45. The summed E-state index contributed by atoms with van der Waals surface area (Å²) in [4.78, 5) is 25.3. The Balaban J connectivity index is 1.59. The first-order chi connectivity index (χ1) is 12.4. The SMILES string of the molecule is NC(c1cc(Cl)c(Cl)cc1O)C1CCN(C(=O)[C@@H]2CNC(=O)CO2)CC1. The molecule has 2 aliphatic rings. The fourth-order valence-corrected chi connectivity index (χ4v) is 3.74. The minimum Gasteiger partial charge on any atom is -0.508 e. The molecular formula is C17H21Cl2N3O4. The Hall–Kier alpha value is -1.54. The zero-order valence-electron chi connectivity index (χ0n) is 14.1. The van der Waals surface area contributed by atoms with E-state index in [0.717, 1.165) is 0 Å². The average Bonchev–Trinajstić information content (AvgIpc) is 2.64. The van der Waals surface area contributed by atoms with Gasteiger partial charge in [-0.05, 0) is 24.8 Å². The number of nitrogens with one attached hydrogen (secondary N) is 1. The minimum absolute atomic E-state index is 0.0248. The number of rotatable bonds is 3. The molecule has 0 spiro atoms. The topological polar surface area (TPSA) is 105 Å². The quantitative estimate of drug-likeness (QED) is 0.710. The van der Waals surface area contributed by atoms with Crippen molar-refractivity contribution in [2.75, 3.05) is 26.2 Å². The maximum absolute atomic E-state index is 12.5. The molecule has 2 heterocycles. The van der Waals surface area contributed by atoms with Crippen molar-refractivity contribution in [1.29, 1.82) is 0 Å². The second-order valence-corrected chi connectivity index (χ2v) is 7.43. The molecular weight excluding hydrogens is 381 g/mol. The predicted molar refractivity (Wildman–Crippen MR) is 97.1 cm³/mol. The Bertz CT molecular complexity index is 697. The number of hydrogen-bond acceptors (Lipinski definition) is 5. The monoisotopic (exact) mass is 401 g/mol. The van der Waals surface area contributed by atoms with Gasteiger partial charge in [0.05, 0.1) is 16.6 Å². The van der Waals surface area contributed by atoms with Crippen LogP contribution in [0.5, 0.6) is 5.75 Å². The lowest BCUT2D eigenvalue weighted by Crippen LogP contribution is -2.53. The number of ether oxygens (including phenoxy) is 1. The van der Waals surface area contributed by atoms with Crippen LogP contribution in [-0.2, 0) is 14.3 Å². The Morgan fingerprint density at radius 2 is 1.96 bits per heavy atom. The standard InChI is InChI=1S/C17H21Cl2N3O4/c18-11-5-10(13(23)6-12(11)19)16(20)9-1-3-22(4-2-9)17(25)14-7-21-15(24)8-26-14/h5-6,9,14,16,23H,1-4,7-8,20H2,(H,21,24)/t14-,16?/m0/s1. The lowest BCUT2D eigenvalue weighted by atomic mass is 9.85. The van der Waals surface area contributed by atoms with Crippen LogP contribution in [0.4, 0.5) is 0 Å². The molecule has 1 aromatic carbocycles. The number of likely N-dealkylation sites (tertiary alicyclic amines) is 1. The fourth-order valence-electron chi connectivity index (χ4n) is 3.41. The highest BCUT2D eigenvalue weighted by molar-refractivity contribution is 6.42. The lowest BCUT2D eigenvalue weighted by molar-refractivity contribution is -0.151. The van der Waals surface area contributed by atoms with Crippen LogP contribution in [0.15, 0.2) is 12.1 Å². The van der Waals surface area contributed by atoms with E-state index in [1.54, 1.807) is 11.0 Å². The highest BCUT2D eigenvalue weighted by Crippen LogP contribution is 2.37. The summed E-state index contributed by atoms with van der Waals surface area (Å²) >= 11 is 11.9. The van der Waals surface area contributed by atoms with Crippen molar-refractivity contribution in [2.45, 2.75) is 25.0 Å². The number of aromatic hydroxyl groups is 1. The number of halogens is 2. The third-order valence-electron chi connectivity index (χ3n) is 4.96. The molecule has 2 amide bonds. The molecule has 0 aromatic heterocycles. The van der Waals surface area contributed by atoms with Gasteiger partial charge in [0.15, 0.2) is 6.10 Å². The largest absolute Gasteiger partial charge is 0.508 e. The van der Waals surface area contributed by atoms with E-state index >= 15 is 0 Å². The number of nitrogens with zero attached hydrogens (tertiary/aromatic N) is 1. The summed E-state index contributed by atoms with van der Waals surface area (Å²) in [6, 6.07) is 2.60. The highest BCUT2D eigenvalue weighted by atomic mass is 35.5. The van der Waals surface area contributed by atoms with Gasteiger partial charge in [0.25, 0.3) is 5.91 Å². The molecule has 9 heteroatoms. The molecule has 2 fully saturated rings. The third kappa shape index (κ3) is 4.06. The molecule has 142 valence electrons. The van der Waals surface area contributed by atoms with Gasteiger partial charge in [-0.25, -0.2) is 0 Å². The minimum atomic E-state index is -0.628. The number of morpholine rings is 1. The van der Waals surface area contributed by atoms with Gasteiger partial charge in [-0.1, -0.05) is 23.2 Å². The number of phenolic OH excluding ortho intramolecular Hbond substituents is 1. The Labute approximate surface area is 161 Å². The summed E-state index contributed by atoms with van der Waals surface area (Å²) in [6.45, 7) is 1.21. The number of amides is 2. The summed E-state index contributed by atoms with van der Waals surface area (Å²) in [5.41, 5.74) is 6.89. The van der Waals surface area contributed by atoms with E-state index in [9.17, 15) is 14.7 Å². The molecule has 7 nitrogen and oxygen atoms in total. The van der Waals surface area contributed by atoms with Crippen molar-refractivity contribution >= 4 is 35.0 Å². The van der Waals surface area contributed by atoms with Crippen LogP contribution in [0.3, 0.4) is 0 Å². The zero-order valence-corrected chi connectivity index (χ0v) is 15.6. The molecule has 1 aromatic rings. The summed E-state index contributed by atoms with van der Waals surface area (Å²) in [5.74, 6) is -0.194. The number of hydrogen-bond donors (Lipinski definition) is 3. The van der Waals surface area contributed by atoms with E-state index in [-0.39, 0.29) is 41.7 Å². The van der Waals surface area contributed by atoms with Crippen molar-refractivity contribution in [1.82, 2.24) is 10.2 Å². The van der Waals surface area contributed by atoms with Crippen LogP contribution < -0.4 is 11.1 Å². The molecule has 1 unspecified atom stereocenters. The maximum atomic E-state index is 12.5. The van der Waals surface area contributed by atoms with E-state index < -0.39 is 12.1 Å². The first-order valence-corrected chi connectivity index (χ1v) is 9.23. The molecule has 2 aliphatic heterocycles. The second-order valence-electron chi connectivity index (χ2n) is 6.62. The van der Waals surface area contributed by atoms with Crippen molar-refractivity contribution in [3.8, 4) is 5.75 Å². The molecule has 26 heavy (non-hydrogen) atoms. The number of benzene rings is 1. The third-order valence-corrected chi connectivity index (χ3v) is 5.69. The molecule has 2 saturated heterocycles. The van der Waals surface area contributed by atoms with Crippen molar-refractivity contribution < 1.29 is 19.4 Å². The first kappa shape index (κ1) is 19.2. The van der Waals surface area contributed by atoms with E-state index in [2.05, 4.69) is 5.32 Å². The number of piperidine rings is 1. The number of phenols is 1. The number of carbonyl (C=O) groups excluding carboxylic acids is 2. The number of carbonyl (C=O) groups is 2. The Kier molecular flexibility index (Phi) is 5.92. The first-order valence-electron chi connectivity index (χ1n) is 8.47. The van der Waals surface area contributed by atoms with Gasteiger partial charge in [0.1, 0.15) is 12.4 Å². The molecule has 0 bridgehead atoms. The summed E-state index contributed by atoms with van der Waals surface area (Å²) in [5, 5.41) is 13.4. The van der Waals surface area contributed by atoms with E-state index in [4.69, 9.17) is 33.7 Å². The van der Waals surface area contributed by atoms with Gasteiger partial charge in [0.2, 0.25) is 5.91 Å². The van der Waals surface area contributed by atoms with Crippen LogP contribution in [-0.4, -0.2) is 54.2 Å². The van der Waals surface area contributed by atoms with Gasteiger partial charge < -0.3 is 25.8 Å². The maximum Gasteiger partial charge on any atom is 0.253 e. The summed E-state index contributed by atoms with van der Waals surface area (Å²) < 4.78 is 5.30. The molecule has 2 atom stereocenters. The van der Waals surface area contributed by atoms with Gasteiger partial charge in [-0.2, -0.15) is 0 Å². The molecule has 0 aliphatic carbocycles. The Morgan fingerprint density at radius 1 is 1.31 bits per heavy atom. The van der Waals surface area contributed by atoms with E-state index in [0.29, 0.717) is 36.5 Å². The summed E-state index contributed by atoms with van der Waals surface area (Å²) in [7, 11) is 0. The van der Waals surface area contributed by atoms with Crippen molar-refractivity contribution in [2.24, 2.45) is 11.7 Å². The smallest absolute Gasteiger partial charge is 0.253 e. The fraction of sp³-hybridized carbons (Fsp3) is 0.529. The summed E-state index contributed by atoms with van der Waals surface area (Å²) in [6.07, 6.45) is 0.772. The zero-order chi connectivity index (χ0) is 18.8. The van der Waals surface area contributed by atoms with Crippen LogP contribution in [0, 0.1) is 5.92 Å². The molecule has 4 N–H and O–H groups in total. The normalized spacial score (nSPS) is 22.8. The Morgan fingerprint density at radius 3 is 2.58 bits per heavy atom. The van der Waals surface area contributed by atoms with Gasteiger partial charge in [-0.15, -0.1) is 0 Å². The number of nitrogens with two attached hydrogens (primary N) is 1. The van der Waals surface area contributed by atoms with Gasteiger partial charge in [-0.3, -0.25) is 9.59 Å².